The van der Waals surface area contributed by atoms with Crippen molar-refractivity contribution in [2.24, 2.45) is 4.99 Å². The van der Waals surface area contributed by atoms with Crippen LogP contribution in [0.5, 0.6) is 11.5 Å². The molecule has 0 aromatic heterocycles. The SMILES string of the molecule is CCCOc1c(Br)cc(/C=C2\N=C(c3ccc(C)cc3)OC2=O)cc1OC. The van der Waals surface area contributed by atoms with Crippen LogP contribution in [-0.4, -0.2) is 25.6 Å². The van der Waals surface area contributed by atoms with Gasteiger partial charge in [-0.3, -0.25) is 0 Å². The van der Waals surface area contributed by atoms with Crippen molar-refractivity contribution in [3.05, 3.63) is 63.3 Å². The van der Waals surface area contributed by atoms with E-state index in [0.29, 0.717) is 24.0 Å². The first kappa shape index (κ1) is 19.2. The van der Waals surface area contributed by atoms with Gasteiger partial charge in [-0.05, 0) is 65.2 Å². The molecule has 0 saturated carbocycles. The van der Waals surface area contributed by atoms with Gasteiger partial charge in [-0.25, -0.2) is 9.79 Å². The smallest absolute Gasteiger partial charge is 0.363 e. The largest absolute Gasteiger partial charge is 0.493 e. The van der Waals surface area contributed by atoms with Gasteiger partial charge in [0.1, 0.15) is 0 Å². The van der Waals surface area contributed by atoms with Crippen LogP contribution in [0, 0.1) is 6.92 Å². The third kappa shape index (κ3) is 4.39. The molecule has 0 spiro atoms. The Balaban J connectivity index is 1.92. The highest BCUT2D eigenvalue weighted by Gasteiger charge is 2.24. The Morgan fingerprint density at radius 3 is 2.63 bits per heavy atom. The fraction of sp³-hybridized carbons (Fsp3) is 0.238. The summed E-state index contributed by atoms with van der Waals surface area (Å²) in [6.45, 7) is 4.62. The number of hydrogen-bond donors (Lipinski definition) is 0. The number of cyclic esters (lactones) is 1. The van der Waals surface area contributed by atoms with Crippen LogP contribution in [-0.2, 0) is 9.53 Å². The number of aliphatic imine (C=N–C) groups is 1. The number of nitrogens with zero attached hydrogens (tertiary/aromatic N) is 1. The molecule has 140 valence electrons. The van der Waals surface area contributed by atoms with Gasteiger partial charge in [-0.15, -0.1) is 0 Å². The van der Waals surface area contributed by atoms with Crippen molar-refractivity contribution in [3.8, 4) is 11.5 Å². The van der Waals surface area contributed by atoms with Gasteiger partial charge < -0.3 is 14.2 Å². The standard InChI is InChI=1S/C21H20BrNO4/c1-4-9-26-19-16(22)10-14(12-18(19)25-3)11-17-21(24)27-20(23-17)15-7-5-13(2)6-8-15/h5-8,10-12H,4,9H2,1-3H3/b17-11-. The molecular weight excluding hydrogens is 410 g/mol. The molecule has 0 saturated heterocycles. The molecule has 0 amide bonds. The third-order valence-electron chi connectivity index (χ3n) is 3.92. The molecule has 0 atom stereocenters. The predicted molar refractivity (Wildman–Crippen MR) is 108 cm³/mol. The summed E-state index contributed by atoms with van der Waals surface area (Å²) in [5.41, 5.74) is 2.88. The van der Waals surface area contributed by atoms with E-state index >= 15 is 0 Å². The molecule has 0 aliphatic carbocycles. The zero-order valence-electron chi connectivity index (χ0n) is 15.4. The highest BCUT2D eigenvalue weighted by Crippen LogP contribution is 2.37. The van der Waals surface area contributed by atoms with E-state index in [0.717, 1.165) is 27.6 Å². The van der Waals surface area contributed by atoms with Crippen molar-refractivity contribution in [3.63, 3.8) is 0 Å². The summed E-state index contributed by atoms with van der Waals surface area (Å²) in [5.74, 6) is 1.05. The van der Waals surface area contributed by atoms with Gasteiger partial charge >= 0.3 is 5.97 Å². The van der Waals surface area contributed by atoms with Crippen molar-refractivity contribution < 1.29 is 19.0 Å². The monoisotopic (exact) mass is 429 g/mol. The minimum absolute atomic E-state index is 0.238. The summed E-state index contributed by atoms with van der Waals surface area (Å²) >= 11 is 3.50. The lowest BCUT2D eigenvalue weighted by Gasteiger charge is -2.13. The Morgan fingerprint density at radius 2 is 1.96 bits per heavy atom. The molecule has 0 bridgehead atoms. The van der Waals surface area contributed by atoms with E-state index in [1.807, 2.05) is 44.2 Å². The first-order valence-corrected chi connectivity index (χ1v) is 9.41. The number of methoxy groups -OCH3 is 1. The first-order valence-electron chi connectivity index (χ1n) is 8.61. The van der Waals surface area contributed by atoms with Crippen LogP contribution in [0.4, 0.5) is 0 Å². The van der Waals surface area contributed by atoms with Crippen LogP contribution in [0.15, 0.2) is 51.6 Å². The van der Waals surface area contributed by atoms with Crippen LogP contribution in [0.2, 0.25) is 0 Å². The summed E-state index contributed by atoms with van der Waals surface area (Å²) in [5, 5.41) is 0. The fourth-order valence-electron chi connectivity index (χ4n) is 2.55. The molecule has 0 fully saturated rings. The Morgan fingerprint density at radius 1 is 1.22 bits per heavy atom. The van der Waals surface area contributed by atoms with Crippen LogP contribution < -0.4 is 9.47 Å². The highest BCUT2D eigenvalue weighted by atomic mass is 79.9. The second-order valence-corrected chi connectivity index (χ2v) is 6.94. The highest BCUT2D eigenvalue weighted by molar-refractivity contribution is 9.10. The summed E-state index contributed by atoms with van der Waals surface area (Å²) in [4.78, 5) is 16.5. The van der Waals surface area contributed by atoms with Crippen molar-refractivity contribution in [1.29, 1.82) is 0 Å². The molecule has 3 rings (SSSR count). The minimum Gasteiger partial charge on any atom is -0.493 e. The molecule has 0 unspecified atom stereocenters. The van der Waals surface area contributed by atoms with Crippen molar-refractivity contribution in [2.45, 2.75) is 20.3 Å². The Labute approximate surface area is 166 Å². The molecule has 0 N–H and O–H groups in total. The van der Waals surface area contributed by atoms with Gasteiger partial charge in [0.05, 0.1) is 18.2 Å². The van der Waals surface area contributed by atoms with Gasteiger partial charge in [0.15, 0.2) is 17.2 Å². The molecule has 6 heteroatoms. The predicted octanol–water partition coefficient (Wildman–Crippen LogP) is 4.90. The molecule has 2 aromatic carbocycles. The van der Waals surface area contributed by atoms with Gasteiger partial charge in [-0.1, -0.05) is 24.6 Å². The maximum atomic E-state index is 12.2. The van der Waals surface area contributed by atoms with Crippen molar-refractivity contribution in [2.75, 3.05) is 13.7 Å². The number of benzene rings is 2. The molecule has 0 radical (unpaired) electrons. The Hall–Kier alpha value is -2.60. The van der Waals surface area contributed by atoms with Crippen LogP contribution in [0.1, 0.15) is 30.0 Å². The van der Waals surface area contributed by atoms with E-state index in [9.17, 15) is 4.79 Å². The quantitative estimate of drug-likeness (QED) is 0.483. The average molecular weight is 430 g/mol. The molecule has 5 nitrogen and oxygen atoms in total. The number of hydrogen-bond acceptors (Lipinski definition) is 5. The molecule has 1 aliphatic rings. The van der Waals surface area contributed by atoms with Crippen LogP contribution in [0.3, 0.4) is 0 Å². The van der Waals surface area contributed by atoms with Gasteiger partial charge in [0.2, 0.25) is 5.90 Å². The summed E-state index contributed by atoms with van der Waals surface area (Å²) in [7, 11) is 1.58. The summed E-state index contributed by atoms with van der Waals surface area (Å²) < 4.78 is 17.2. The molecule has 1 aliphatic heterocycles. The third-order valence-corrected chi connectivity index (χ3v) is 4.51. The van der Waals surface area contributed by atoms with Gasteiger partial charge in [0, 0.05) is 5.56 Å². The minimum atomic E-state index is -0.480. The van der Waals surface area contributed by atoms with E-state index in [-0.39, 0.29) is 5.70 Å². The number of esters is 1. The van der Waals surface area contributed by atoms with E-state index in [4.69, 9.17) is 14.2 Å². The Bertz CT molecular complexity index is 917. The van der Waals surface area contributed by atoms with Crippen LogP contribution in [0.25, 0.3) is 6.08 Å². The summed E-state index contributed by atoms with van der Waals surface area (Å²) in [6.07, 6.45) is 2.56. The lowest BCUT2D eigenvalue weighted by molar-refractivity contribution is -0.129. The second-order valence-electron chi connectivity index (χ2n) is 6.08. The van der Waals surface area contributed by atoms with Crippen LogP contribution >= 0.6 is 15.9 Å². The number of ether oxygens (including phenoxy) is 3. The zero-order valence-corrected chi connectivity index (χ0v) is 17.0. The average Bonchev–Trinajstić information content (AvgIpc) is 3.01. The van der Waals surface area contributed by atoms with E-state index < -0.39 is 5.97 Å². The number of halogens is 1. The first-order chi connectivity index (χ1) is 13.0. The van der Waals surface area contributed by atoms with E-state index in [1.54, 1.807) is 19.3 Å². The lowest BCUT2D eigenvalue weighted by atomic mass is 10.1. The van der Waals surface area contributed by atoms with Crippen molar-refractivity contribution >= 4 is 33.9 Å². The molecular formula is C21H20BrNO4. The Kier molecular flexibility index (Phi) is 5.96. The maximum Gasteiger partial charge on any atom is 0.363 e. The maximum absolute atomic E-state index is 12.2. The zero-order chi connectivity index (χ0) is 19.4. The fourth-order valence-corrected chi connectivity index (χ4v) is 3.13. The number of carbonyl (C=O) groups is 1. The topological polar surface area (TPSA) is 57.1 Å². The second kappa shape index (κ2) is 8.39. The van der Waals surface area contributed by atoms with Gasteiger partial charge in [0.25, 0.3) is 0 Å². The normalized spacial score (nSPS) is 14.9. The number of rotatable bonds is 6. The lowest BCUT2D eigenvalue weighted by Crippen LogP contribution is -2.05. The van der Waals surface area contributed by atoms with E-state index in [2.05, 4.69) is 20.9 Å². The number of carbonyl (C=O) groups excluding carboxylic acids is 1. The number of aryl methyl sites for hydroxylation is 1. The molecule has 27 heavy (non-hydrogen) atoms. The van der Waals surface area contributed by atoms with E-state index in [1.165, 1.54) is 0 Å². The van der Waals surface area contributed by atoms with Crippen molar-refractivity contribution in [1.82, 2.24) is 0 Å². The molecule has 2 aromatic rings. The van der Waals surface area contributed by atoms with Gasteiger partial charge in [-0.2, -0.15) is 0 Å². The molecule has 1 heterocycles. The summed E-state index contributed by atoms with van der Waals surface area (Å²) in [6, 6.07) is 11.3.